The molecule has 138 valence electrons. The molecule has 0 fully saturated rings. The van der Waals surface area contributed by atoms with Crippen molar-refractivity contribution in [1.82, 2.24) is 4.98 Å². The highest BCUT2D eigenvalue weighted by Crippen LogP contribution is 2.39. The van der Waals surface area contributed by atoms with Crippen molar-refractivity contribution in [1.29, 1.82) is 0 Å². The van der Waals surface area contributed by atoms with Crippen LogP contribution in [-0.2, 0) is 5.41 Å². The molecule has 0 amide bonds. The van der Waals surface area contributed by atoms with Gasteiger partial charge in [-0.15, -0.1) is 0 Å². The number of aryl methyl sites for hydroxylation is 2. The molecule has 0 spiro atoms. The fraction of sp³-hybridized carbons (Fsp3) is 0.391. The van der Waals surface area contributed by atoms with E-state index in [-0.39, 0.29) is 5.41 Å². The highest BCUT2D eigenvalue weighted by atomic mass is 16.3. The number of H-pyrrole nitrogens is 1. The Labute approximate surface area is 156 Å². The molecule has 3 aromatic rings. The van der Waals surface area contributed by atoms with Gasteiger partial charge in [0.2, 0.25) is 0 Å². The molecule has 26 heavy (non-hydrogen) atoms. The van der Waals surface area contributed by atoms with Crippen molar-refractivity contribution in [2.75, 3.05) is 5.32 Å². The predicted molar refractivity (Wildman–Crippen MR) is 112 cm³/mol. The smallest absolute Gasteiger partial charge is 0.122 e. The third-order valence-corrected chi connectivity index (χ3v) is 4.91. The Hall–Kier alpha value is -2.42. The first kappa shape index (κ1) is 18.4. The van der Waals surface area contributed by atoms with Crippen LogP contribution in [0.2, 0.25) is 0 Å². The summed E-state index contributed by atoms with van der Waals surface area (Å²) in [6.45, 7) is 14.8. The Morgan fingerprint density at radius 2 is 1.73 bits per heavy atom. The van der Waals surface area contributed by atoms with Crippen LogP contribution >= 0.6 is 0 Å². The molecular weight excluding hydrogens is 320 g/mol. The summed E-state index contributed by atoms with van der Waals surface area (Å²) in [5.74, 6) is 0.401. The first-order valence-corrected chi connectivity index (χ1v) is 9.31. The molecule has 1 heterocycles. The van der Waals surface area contributed by atoms with Gasteiger partial charge in [0, 0.05) is 33.9 Å². The van der Waals surface area contributed by atoms with Crippen LogP contribution in [0.3, 0.4) is 0 Å². The molecular formula is C23H30N2O. The van der Waals surface area contributed by atoms with Crippen LogP contribution in [0, 0.1) is 13.8 Å². The molecule has 0 saturated heterocycles. The number of aromatic hydroxyl groups is 1. The monoisotopic (exact) mass is 350 g/mol. The van der Waals surface area contributed by atoms with E-state index in [1.165, 1.54) is 10.9 Å². The van der Waals surface area contributed by atoms with Crippen LogP contribution in [0.15, 0.2) is 30.3 Å². The molecule has 1 aromatic heterocycles. The Morgan fingerprint density at radius 1 is 1.04 bits per heavy atom. The summed E-state index contributed by atoms with van der Waals surface area (Å²) < 4.78 is 0. The number of phenols is 1. The number of benzene rings is 2. The average Bonchev–Trinajstić information content (AvgIpc) is 2.85. The van der Waals surface area contributed by atoms with Gasteiger partial charge in [0.05, 0.1) is 0 Å². The lowest BCUT2D eigenvalue weighted by Gasteiger charge is -2.22. The lowest BCUT2D eigenvalue weighted by molar-refractivity contribution is 0.443. The highest BCUT2D eigenvalue weighted by molar-refractivity contribution is 5.93. The number of hydrogen-bond donors (Lipinski definition) is 3. The van der Waals surface area contributed by atoms with Crippen molar-refractivity contribution in [2.45, 2.75) is 59.9 Å². The Morgan fingerprint density at radius 3 is 2.35 bits per heavy atom. The number of nitrogens with one attached hydrogen (secondary N) is 2. The molecule has 0 aliphatic heterocycles. The normalized spacial score (nSPS) is 12.2. The van der Waals surface area contributed by atoms with E-state index in [0.29, 0.717) is 11.8 Å². The summed E-state index contributed by atoms with van der Waals surface area (Å²) in [6, 6.07) is 11.0. The maximum absolute atomic E-state index is 10.5. The van der Waals surface area contributed by atoms with Crippen molar-refractivity contribution in [3.63, 3.8) is 0 Å². The molecule has 3 N–H and O–H groups in total. The van der Waals surface area contributed by atoms with Gasteiger partial charge >= 0.3 is 0 Å². The van der Waals surface area contributed by atoms with E-state index < -0.39 is 0 Å². The van der Waals surface area contributed by atoms with E-state index in [4.69, 9.17) is 0 Å². The quantitative estimate of drug-likeness (QED) is 0.521. The van der Waals surface area contributed by atoms with Crippen LogP contribution in [0.1, 0.15) is 51.3 Å². The molecule has 3 rings (SSSR count). The zero-order valence-corrected chi connectivity index (χ0v) is 16.9. The van der Waals surface area contributed by atoms with Crippen LogP contribution in [0.4, 0.5) is 5.69 Å². The maximum atomic E-state index is 10.5. The number of anilines is 1. The second-order valence-corrected chi connectivity index (χ2v) is 8.62. The van der Waals surface area contributed by atoms with Crippen molar-refractivity contribution in [3.05, 3.63) is 47.0 Å². The first-order valence-electron chi connectivity index (χ1n) is 9.31. The minimum atomic E-state index is -0.112. The molecule has 0 bridgehead atoms. The molecule has 0 atom stereocenters. The van der Waals surface area contributed by atoms with Gasteiger partial charge in [-0.3, -0.25) is 0 Å². The van der Waals surface area contributed by atoms with E-state index in [2.05, 4.69) is 82.2 Å². The maximum Gasteiger partial charge on any atom is 0.122 e. The summed E-state index contributed by atoms with van der Waals surface area (Å²) in [5, 5.41) is 15.2. The number of fused-ring (bicyclic) bond motifs is 1. The Bertz CT molecular complexity index is 958. The number of hydrogen-bond acceptors (Lipinski definition) is 2. The van der Waals surface area contributed by atoms with Crippen LogP contribution in [0.25, 0.3) is 22.2 Å². The second kappa shape index (κ2) is 6.39. The van der Waals surface area contributed by atoms with Crippen molar-refractivity contribution in [3.8, 4) is 17.0 Å². The van der Waals surface area contributed by atoms with E-state index in [0.717, 1.165) is 33.6 Å². The average molecular weight is 351 g/mol. The molecule has 0 unspecified atom stereocenters. The van der Waals surface area contributed by atoms with Gasteiger partial charge in [0.1, 0.15) is 5.75 Å². The summed E-state index contributed by atoms with van der Waals surface area (Å²) in [4.78, 5) is 3.58. The standard InChI is InChI=1S/C23H30N2O/c1-13(2)24-17-8-9-20-18(12-17)15(4)21(25-20)16-10-14(3)22(26)19(11-16)23(5,6)7/h8-13,24-26H,1-7H3. The van der Waals surface area contributed by atoms with Gasteiger partial charge in [0.25, 0.3) is 0 Å². The SMILES string of the molecule is Cc1cc(-c2[nH]c3ccc(NC(C)C)cc3c2C)cc(C(C)(C)C)c1O. The largest absolute Gasteiger partial charge is 0.507 e. The third kappa shape index (κ3) is 3.31. The van der Waals surface area contributed by atoms with Crippen LogP contribution < -0.4 is 5.32 Å². The van der Waals surface area contributed by atoms with Crippen LogP contribution in [-0.4, -0.2) is 16.1 Å². The van der Waals surface area contributed by atoms with E-state index >= 15 is 0 Å². The predicted octanol–water partition coefficient (Wildman–Crippen LogP) is 6.28. The first-order chi connectivity index (χ1) is 12.1. The second-order valence-electron chi connectivity index (χ2n) is 8.62. The van der Waals surface area contributed by atoms with Crippen molar-refractivity contribution >= 4 is 16.6 Å². The van der Waals surface area contributed by atoms with Gasteiger partial charge in [0.15, 0.2) is 0 Å². The van der Waals surface area contributed by atoms with Crippen LogP contribution in [0.5, 0.6) is 5.75 Å². The zero-order chi connectivity index (χ0) is 19.2. The minimum absolute atomic E-state index is 0.112. The Balaban J connectivity index is 2.17. The summed E-state index contributed by atoms with van der Waals surface area (Å²) >= 11 is 0. The minimum Gasteiger partial charge on any atom is -0.507 e. The third-order valence-electron chi connectivity index (χ3n) is 4.91. The van der Waals surface area contributed by atoms with Gasteiger partial charge in [-0.2, -0.15) is 0 Å². The summed E-state index contributed by atoms with van der Waals surface area (Å²) in [6.07, 6.45) is 0. The molecule has 3 nitrogen and oxygen atoms in total. The fourth-order valence-electron chi connectivity index (χ4n) is 3.53. The van der Waals surface area contributed by atoms with E-state index in [1.54, 1.807) is 0 Å². The van der Waals surface area contributed by atoms with E-state index in [1.807, 2.05) is 6.92 Å². The van der Waals surface area contributed by atoms with Gasteiger partial charge in [-0.05, 0) is 80.1 Å². The highest BCUT2D eigenvalue weighted by Gasteiger charge is 2.21. The van der Waals surface area contributed by atoms with Crippen molar-refractivity contribution < 1.29 is 5.11 Å². The molecule has 0 radical (unpaired) electrons. The summed E-state index contributed by atoms with van der Waals surface area (Å²) in [5.41, 5.74) is 7.53. The molecule has 0 aliphatic carbocycles. The van der Waals surface area contributed by atoms with Gasteiger partial charge < -0.3 is 15.4 Å². The number of phenolic OH excluding ortho intramolecular Hbond substituents is 1. The van der Waals surface area contributed by atoms with E-state index in [9.17, 15) is 5.11 Å². The number of aromatic amines is 1. The zero-order valence-electron chi connectivity index (χ0n) is 16.9. The lowest BCUT2D eigenvalue weighted by Crippen LogP contribution is -2.12. The Kier molecular flexibility index (Phi) is 4.51. The lowest BCUT2D eigenvalue weighted by atomic mass is 9.83. The molecule has 0 aliphatic rings. The topological polar surface area (TPSA) is 48.0 Å². The molecule has 3 heteroatoms. The number of rotatable bonds is 3. The van der Waals surface area contributed by atoms with Gasteiger partial charge in [-0.1, -0.05) is 20.8 Å². The fourth-order valence-corrected chi connectivity index (χ4v) is 3.53. The molecule has 0 saturated carbocycles. The number of aromatic nitrogens is 1. The van der Waals surface area contributed by atoms with Crippen molar-refractivity contribution in [2.24, 2.45) is 0 Å². The van der Waals surface area contributed by atoms with Gasteiger partial charge in [-0.25, -0.2) is 0 Å². The summed E-state index contributed by atoms with van der Waals surface area (Å²) in [7, 11) is 0. The molecule has 2 aromatic carbocycles.